The van der Waals surface area contributed by atoms with Gasteiger partial charge in [0.15, 0.2) is 6.29 Å². The predicted molar refractivity (Wildman–Crippen MR) is 122 cm³/mol. The predicted octanol–water partition coefficient (Wildman–Crippen LogP) is 3.56. The number of aliphatic hydroxyl groups is 2. The summed E-state index contributed by atoms with van der Waals surface area (Å²) in [5, 5.41) is 19.2. The molecule has 8 heteroatoms. The molecule has 1 aromatic heterocycles. The summed E-state index contributed by atoms with van der Waals surface area (Å²) in [4.78, 5) is 2.48. The van der Waals surface area contributed by atoms with Crippen molar-refractivity contribution in [2.24, 2.45) is 5.41 Å². The van der Waals surface area contributed by atoms with Crippen molar-refractivity contribution >= 4 is 21.8 Å². The Morgan fingerprint density at radius 2 is 1.77 bits per heavy atom. The molecule has 0 radical (unpaired) electrons. The maximum atomic E-state index is 12.8. The molecule has 170 valence electrons. The lowest BCUT2D eigenvalue weighted by Crippen LogP contribution is -2.27. The molecule has 0 unspecified atom stereocenters. The van der Waals surface area contributed by atoms with Crippen LogP contribution in [0.5, 0.6) is 0 Å². The van der Waals surface area contributed by atoms with E-state index < -0.39 is 16.3 Å². The molecule has 0 saturated carbocycles. The monoisotopic (exact) mass is 464 g/mol. The first kappa shape index (κ1) is 22.9. The Balaban J connectivity index is 1.64. The smallest absolute Gasteiger partial charge is 0.243 e. The minimum atomic E-state index is -3.41. The van der Waals surface area contributed by atoms with Crippen LogP contribution in [0.4, 0.5) is 0 Å². The van der Waals surface area contributed by atoms with Crippen molar-refractivity contribution in [1.29, 1.82) is 0 Å². The Kier molecular flexibility index (Phi) is 6.31. The van der Waals surface area contributed by atoms with Gasteiger partial charge in [-0.2, -0.15) is 4.31 Å². The summed E-state index contributed by atoms with van der Waals surface area (Å²) in [5.41, 5.74) is 3.72. The van der Waals surface area contributed by atoms with Crippen LogP contribution in [-0.4, -0.2) is 46.9 Å². The van der Waals surface area contributed by atoms with Gasteiger partial charge < -0.3 is 14.8 Å². The van der Waals surface area contributed by atoms with Crippen LogP contribution in [0.1, 0.15) is 50.1 Å². The zero-order chi connectivity index (χ0) is 22.4. The first-order valence-electron chi connectivity index (χ1n) is 10.9. The number of hydrogen-bond donors (Lipinski definition) is 2. The number of aromatic nitrogens is 1. The first-order chi connectivity index (χ1) is 14.6. The van der Waals surface area contributed by atoms with Gasteiger partial charge in [0, 0.05) is 34.3 Å². The molecule has 1 aliphatic carbocycles. The molecule has 1 aliphatic heterocycles. The van der Waals surface area contributed by atoms with Gasteiger partial charge in [-0.15, -0.1) is 0 Å². The van der Waals surface area contributed by atoms with Crippen molar-refractivity contribution in [1.82, 2.24) is 8.87 Å². The fourth-order valence-electron chi connectivity index (χ4n) is 4.75. The molecule has 0 atom stereocenters. The Bertz CT molecular complexity index is 1050. The molecule has 6 nitrogen and oxygen atoms in total. The number of hydrogen-bond acceptors (Lipinski definition) is 5. The molecule has 4 rings (SSSR count). The Labute approximate surface area is 189 Å². The van der Waals surface area contributed by atoms with Gasteiger partial charge >= 0.3 is 0 Å². The van der Waals surface area contributed by atoms with Crippen LogP contribution in [-0.2, 0) is 29.4 Å². The van der Waals surface area contributed by atoms with E-state index in [-0.39, 0.29) is 12.0 Å². The summed E-state index contributed by atoms with van der Waals surface area (Å²) < 4.78 is 29.2. The Morgan fingerprint density at radius 1 is 1.13 bits per heavy atom. The van der Waals surface area contributed by atoms with E-state index in [4.69, 9.17) is 0 Å². The van der Waals surface area contributed by atoms with Crippen molar-refractivity contribution in [3.8, 4) is 0 Å². The first-order valence-corrected chi connectivity index (χ1v) is 13.2. The van der Waals surface area contributed by atoms with Crippen LogP contribution >= 0.6 is 11.8 Å². The second kappa shape index (κ2) is 8.56. The topological polar surface area (TPSA) is 82.8 Å². The minimum Gasteiger partial charge on any atom is -0.367 e. The molecule has 0 bridgehead atoms. The van der Waals surface area contributed by atoms with E-state index in [2.05, 4.69) is 13.8 Å². The zero-order valence-electron chi connectivity index (χ0n) is 18.5. The van der Waals surface area contributed by atoms with Gasteiger partial charge in [0.25, 0.3) is 0 Å². The van der Waals surface area contributed by atoms with Crippen LogP contribution in [0.3, 0.4) is 0 Å². The molecular formula is C23H32N2O4S2. The van der Waals surface area contributed by atoms with E-state index in [0.29, 0.717) is 18.0 Å². The van der Waals surface area contributed by atoms with Crippen molar-refractivity contribution in [3.63, 3.8) is 0 Å². The summed E-state index contributed by atoms with van der Waals surface area (Å²) >= 11 is 1.64. The van der Waals surface area contributed by atoms with Gasteiger partial charge in [-0.05, 0) is 74.3 Å². The van der Waals surface area contributed by atoms with E-state index in [9.17, 15) is 18.6 Å². The fraction of sp³-hybridized carbons (Fsp3) is 0.565. The van der Waals surface area contributed by atoms with Gasteiger partial charge in [0.1, 0.15) is 0 Å². The molecule has 2 aliphatic rings. The molecule has 2 N–H and O–H groups in total. The number of aliphatic hydroxyl groups excluding tert-OH is 1. The molecule has 2 heterocycles. The van der Waals surface area contributed by atoms with Gasteiger partial charge in [0.2, 0.25) is 10.0 Å². The van der Waals surface area contributed by atoms with Crippen molar-refractivity contribution in [3.05, 3.63) is 41.2 Å². The number of nitrogens with zero attached hydrogens (tertiary/aromatic N) is 2. The summed E-state index contributed by atoms with van der Waals surface area (Å²) in [6.07, 6.45) is 3.39. The number of fused-ring (bicyclic) bond motifs is 1. The molecule has 1 fully saturated rings. The van der Waals surface area contributed by atoms with Crippen LogP contribution in [0.2, 0.25) is 0 Å². The maximum absolute atomic E-state index is 12.8. The van der Waals surface area contributed by atoms with Crippen molar-refractivity contribution < 1.29 is 18.6 Å². The van der Waals surface area contributed by atoms with E-state index in [1.54, 1.807) is 28.2 Å². The van der Waals surface area contributed by atoms with Gasteiger partial charge in [-0.1, -0.05) is 25.6 Å². The molecule has 1 aromatic carbocycles. The number of rotatable bonds is 6. The standard InChI is InChI=1S/C23H32N2O4S2/c1-16-22(19-14-23(2,3)11-10-20(19)25(16)15-21(26)27)30-17-6-8-18(9-7-17)31(28,29)24-12-4-5-13-24/h6-9,21,26-27H,4-5,10-15H2,1-3H3. The summed E-state index contributed by atoms with van der Waals surface area (Å²) in [6, 6.07) is 7.17. The molecule has 1 saturated heterocycles. The zero-order valence-corrected chi connectivity index (χ0v) is 20.1. The highest BCUT2D eigenvalue weighted by Gasteiger charge is 2.32. The molecule has 0 amide bonds. The van der Waals surface area contributed by atoms with E-state index in [0.717, 1.165) is 47.6 Å². The number of sulfonamides is 1. The lowest BCUT2D eigenvalue weighted by Gasteiger charge is -2.31. The number of benzene rings is 1. The fourth-order valence-corrected chi connectivity index (χ4v) is 7.35. The summed E-state index contributed by atoms with van der Waals surface area (Å²) in [7, 11) is -3.41. The molecule has 31 heavy (non-hydrogen) atoms. The SMILES string of the molecule is Cc1c(Sc2ccc(S(=O)(=O)N3CCCC3)cc2)c2c(n1CC(O)O)CCC(C)(C)C2. The van der Waals surface area contributed by atoms with Crippen LogP contribution in [0.25, 0.3) is 0 Å². The summed E-state index contributed by atoms with van der Waals surface area (Å²) in [6.45, 7) is 7.95. The van der Waals surface area contributed by atoms with Gasteiger partial charge in [-0.25, -0.2) is 8.42 Å². The third-order valence-electron chi connectivity index (χ3n) is 6.47. The average Bonchev–Trinajstić information content (AvgIpc) is 3.32. The van der Waals surface area contributed by atoms with Crippen molar-refractivity contribution in [2.75, 3.05) is 13.1 Å². The third kappa shape index (κ3) is 4.59. The highest BCUT2D eigenvalue weighted by Crippen LogP contribution is 2.44. The molecule has 0 spiro atoms. The van der Waals surface area contributed by atoms with Crippen LogP contribution < -0.4 is 0 Å². The maximum Gasteiger partial charge on any atom is 0.243 e. The van der Waals surface area contributed by atoms with E-state index >= 15 is 0 Å². The minimum absolute atomic E-state index is 0.169. The normalized spacial score (nSPS) is 19.2. The van der Waals surface area contributed by atoms with Crippen LogP contribution in [0, 0.1) is 12.3 Å². The largest absolute Gasteiger partial charge is 0.367 e. The average molecular weight is 465 g/mol. The van der Waals surface area contributed by atoms with Gasteiger partial charge in [-0.3, -0.25) is 0 Å². The lowest BCUT2D eigenvalue weighted by molar-refractivity contribution is -0.0521. The Morgan fingerprint density at radius 3 is 2.39 bits per heavy atom. The summed E-state index contributed by atoms with van der Waals surface area (Å²) in [5.74, 6) is 0. The highest BCUT2D eigenvalue weighted by molar-refractivity contribution is 7.99. The second-order valence-electron chi connectivity index (χ2n) is 9.46. The lowest BCUT2D eigenvalue weighted by atomic mass is 9.76. The highest BCUT2D eigenvalue weighted by atomic mass is 32.2. The second-order valence-corrected chi connectivity index (χ2v) is 12.5. The van der Waals surface area contributed by atoms with E-state index in [1.807, 2.05) is 23.6 Å². The van der Waals surface area contributed by atoms with Crippen LogP contribution in [0.15, 0.2) is 39.0 Å². The van der Waals surface area contributed by atoms with Crippen molar-refractivity contribution in [2.45, 2.75) is 80.4 Å². The van der Waals surface area contributed by atoms with E-state index in [1.165, 1.54) is 11.3 Å². The Hall–Kier alpha value is -1.32. The van der Waals surface area contributed by atoms with Gasteiger partial charge in [0.05, 0.1) is 11.4 Å². The quantitative estimate of drug-likeness (QED) is 0.639. The molecular weight excluding hydrogens is 432 g/mol. The third-order valence-corrected chi connectivity index (χ3v) is 9.63. The molecule has 2 aromatic rings.